The molecule has 1 aromatic rings. The molecule has 0 aliphatic rings. The average Bonchev–Trinajstić information content (AvgIpc) is 3.08. The predicted octanol–water partition coefficient (Wildman–Crippen LogP) is 7.86. The summed E-state index contributed by atoms with van der Waals surface area (Å²) in [6, 6.07) is 0. The van der Waals surface area contributed by atoms with Crippen LogP contribution in [0.1, 0.15) is 85.6 Å². The van der Waals surface area contributed by atoms with Crippen molar-refractivity contribution in [1.82, 2.24) is 0 Å². The SMILES string of the molecule is CCC[CH2][Sn]([CH2]CCC)([CH2]CCC)[c]1cocc1CO[Si](C)(C)C(C)(C)C. The van der Waals surface area contributed by atoms with Gasteiger partial charge in [-0.2, -0.15) is 0 Å². The molecule has 0 bridgehead atoms. The van der Waals surface area contributed by atoms with Gasteiger partial charge >= 0.3 is 175 Å². The first-order valence-corrected chi connectivity index (χ1v) is 21.7. The Hall–Kier alpha value is 0.256. The van der Waals surface area contributed by atoms with Crippen LogP contribution in [0.5, 0.6) is 0 Å². The van der Waals surface area contributed by atoms with E-state index in [1.807, 2.05) is 6.26 Å². The summed E-state index contributed by atoms with van der Waals surface area (Å²) in [4.78, 5) is 0. The van der Waals surface area contributed by atoms with Crippen molar-refractivity contribution in [3.63, 3.8) is 0 Å². The van der Waals surface area contributed by atoms with Crippen LogP contribution in [0, 0.1) is 0 Å². The Balaban J connectivity index is 3.13. The predicted molar refractivity (Wildman–Crippen MR) is 125 cm³/mol. The van der Waals surface area contributed by atoms with Gasteiger partial charge in [-0.25, -0.2) is 0 Å². The maximum atomic E-state index is 6.60. The van der Waals surface area contributed by atoms with E-state index in [1.165, 1.54) is 57.4 Å². The van der Waals surface area contributed by atoms with Crippen LogP contribution in [-0.4, -0.2) is 26.7 Å². The quantitative estimate of drug-likeness (QED) is 0.257. The second kappa shape index (κ2) is 11.4. The fourth-order valence-corrected chi connectivity index (χ4v) is 21.1. The third-order valence-electron chi connectivity index (χ3n) is 6.73. The second-order valence-electron chi connectivity index (χ2n) is 9.95. The number of hydrogen-bond donors (Lipinski definition) is 0. The van der Waals surface area contributed by atoms with Crippen LogP contribution in [0.25, 0.3) is 0 Å². The Kier molecular flexibility index (Phi) is 10.7. The summed E-state index contributed by atoms with van der Waals surface area (Å²) in [5, 5.41) is 0.254. The number of hydrogen-bond acceptors (Lipinski definition) is 2. The summed E-state index contributed by atoms with van der Waals surface area (Å²) in [6.45, 7) is 19.5. The van der Waals surface area contributed by atoms with Gasteiger partial charge in [-0.05, 0) is 0 Å². The summed E-state index contributed by atoms with van der Waals surface area (Å²) in [7, 11) is -1.74. The van der Waals surface area contributed by atoms with Gasteiger partial charge in [-0.15, -0.1) is 0 Å². The van der Waals surface area contributed by atoms with Crippen molar-refractivity contribution in [1.29, 1.82) is 0 Å². The van der Waals surface area contributed by atoms with E-state index in [4.69, 9.17) is 8.84 Å². The fraction of sp³-hybridized carbons (Fsp3) is 0.826. The van der Waals surface area contributed by atoms with Crippen LogP contribution in [-0.2, 0) is 11.0 Å². The topological polar surface area (TPSA) is 22.4 Å². The second-order valence-corrected chi connectivity index (χ2v) is 27.9. The van der Waals surface area contributed by atoms with Crippen molar-refractivity contribution >= 4 is 30.3 Å². The normalized spacial score (nSPS) is 13.3. The van der Waals surface area contributed by atoms with Crippen molar-refractivity contribution in [2.75, 3.05) is 0 Å². The van der Waals surface area contributed by atoms with Crippen LogP contribution in [0.3, 0.4) is 0 Å². The Morgan fingerprint density at radius 3 is 1.78 bits per heavy atom. The van der Waals surface area contributed by atoms with Crippen molar-refractivity contribution in [3.05, 3.63) is 18.1 Å². The van der Waals surface area contributed by atoms with Crippen LogP contribution in [0.15, 0.2) is 16.9 Å². The molecule has 1 heterocycles. The molecule has 0 aliphatic carbocycles. The van der Waals surface area contributed by atoms with Gasteiger partial charge in [-0.1, -0.05) is 0 Å². The minimum absolute atomic E-state index is 0.254. The van der Waals surface area contributed by atoms with Gasteiger partial charge in [0.2, 0.25) is 0 Å². The van der Waals surface area contributed by atoms with Gasteiger partial charge in [0, 0.05) is 0 Å². The van der Waals surface area contributed by atoms with Crippen molar-refractivity contribution < 1.29 is 8.84 Å². The summed E-state index contributed by atoms with van der Waals surface area (Å²) in [6.07, 6.45) is 12.2. The number of furan rings is 1. The third kappa shape index (κ3) is 7.22. The average molecular weight is 501 g/mol. The van der Waals surface area contributed by atoms with E-state index in [1.54, 1.807) is 3.58 Å². The molecule has 158 valence electrons. The van der Waals surface area contributed by atoms with E-state index in [0.29, 0.717) is 0 Å². The van der Waals surface area contributed by atoms with E-state index in [0.717, 1.165) is 6.61 Å². The van der Waals surface area contributed by atoms with Crippen LogP contribution < -0.4 is 3.58 Å². The third-order valence-corrected chi connectivity index (χ3v) is 26.9. The molecular formula is C23H46O2SiSn. The first kappa shape index (κ1) is 25.3. The van der Waals surface area contributed by atoms with E-state index < -0.39 is 26.7 Å². The summed E-state index contributed by atoms with van der Waals surface area (Å²) in [5.74, 6) is 0. The zero-order valence-electron chi connectivity index (χ0n) is 19.5. The molecule has 0 unspecified atom stereocenters. The van der Waals surface area contributed by atoms with Crippen LogP contribution in [0.2, 0.25) is 31.4 Å². The molecule has 0 aromatic carbocycles. The first-order chi connectivity index (χ1) is 12.6. The van der Waals surface area contributed by atoms with E-state index in [2.05, 4.69) is 60.9 Å². The number of unbranched alkanes of at least 4 members (excludes halogenated alkanes) is 3. The zero-order valence-corrected chi connectivity index (χ0v) is 23.4. The monoisotopic (exact) mass is 502 g/mol. The summed E-state index contributed by atoms with van der Waals surface area (Å²) < 4.78 is 18.5. The molecule has 27 heavy (non-hydrogen) atoms. The van der Waals surface area contributed by atoms with E-state index >= 15 is 0 Å². The van der Waals surface area contributed by atoms with Gasteiger partial charge in [-0.3, -0.25) is 0 Å². The number of rotatable bonds is 13. The van der Waals surface area contributed by atoms with E-state index in [-0.39, 0.29) is 5.04 Å². The molecule has 0 saturated heterocycles. The van der Waals surface area contributed by atoms with Gasteiger partial charge < -0.3 is 0 Å². The molecule has 0 amide bonds. The molecular weight excluding hydrogens is 455 g/mol. The maximum absolute atomic E-state index is 6.60. The van der Waals surface area contributed by atoms with Crippen LogP contribution >= 0.6 is 0 Å². The molecule has 4 heteroatoms. The van der Waals surface area contributed by atoms with Crippen molar-refractivity contribution in [2.45, 2.75) is 118 Å². The van der Waals surface area contributed by atoms with E-state index in [9.17, 15) is 0 Å². The van der Waals surface area contributed by atoms with Gasteiger partial charge in [0.05, 0.1) is 0 Å². The molecule has 0 N–H and O–H groups in total. The summed E-state index contributed by atoms with van der Waals surface area (Å²) in [5.41, 5.74) is 1.39. The van der Waals surface area contributed by atoms with Gasteiger partial charge in [0.25, 0.3) is 0 Å². The van der Waals surface area contributed by atoms with Gasteiger partial charge in [0.1, 0.15) is 0 Å². The van der Waals surface area contributed by atoms with Crippen molar-refractivity contribution in [2.24, 2.45) is 0 Å². The molecule has 0 spiro atoms. The fourth-order valence-electron chi connectivity index (χ4n) is 3.70. The molecule has 0 radical (unpaired) electrons. The van der Waals surface area contributed by atoms with Crippen LogP contribution in [0.4, 0.5) is 0 Å². The molecule has 1 rings (SSSR count). The minimum atomic E-state index is -2.45. The molecule has 0 aliphatic heterocycles. The summed E-state index contributed by atoms with van der Waals surface area (Å²) >= 11 is -2.45. The molecule has 1 aromatic heterocycles. The molecule has 0 fully saturated rings. The van der Waals surface area contributed by atoms with Crippen molar-refractivity contribution in [3.8, 4) is 0 Å². The Bertz CT molecular complexity index is 509. The zero-order chi connectivity index (χ0) is 20.6. The molecule has 0 atom stereocenters. The first-order valence-electron chi connectivity index (χ1n) is 11.3. The molecule has 2 nitrogen and oxygen atoms in total. The standard InChI is InChI=1S/C11H19O2Si.3C4H9.Sn/c1-11(2,3)14(4,5)13-9-10-6-7-12-8-10;3*1-3-4-2;/h7-8H,9H2,1-5H3;3*1,3-4H2,2H3;. The molecule has 0 saturated carbocycles. The Morgan fingerprint density at radius 1 is 0.889 bits per heavy atom. The Labute approximate surface area is 174 Å². The Morgan fingerprint density at radius 2 is 1.37 bits per heavy atom. The van der Waals surface area contributed by atoms with Gasteiger partial charge in [0.15, 0.2) is 0 Å².